The minimum atomic E-state index is 0.114. The number of halogens is 2. The highest BCUT2D eigenvalue weighted by atomic mass is 35.5. The summed E-state index contributed by atoms with van der Waals surface area (Å²) in [6, 6.07) is 11.6. The molecule has 33 heavy (non-hydrogen) atoms. The third-order valence-electron chi connectivity index (χ3n) is 5.93. The monoisotopic (exact) mass is 479 g/mol. The van der Waals surface area contributed by atoms with Gasteiger partial charge in [0.2, 0.25) is 5.95 Å². The van der Waals surface area contributed by atoms with Crippen molar-refractivity contribution >= 4 is 34.8 Å². The van der Waals surface area contributed by atoms with Crippen LogP contribution in [0.2, 0.25) is 10.0 Å². The zero-order valence-electron chi connectivity index (χ0n) is 18.3. The Kier molecular flexibility index (Phi) is 5.96. The number of rotatable bonds is 5. The van der Waals surface area contributed by atoms with Gasteiger partial charge in [0, 0.05) is 40.1 Å². The normalized spacial score (nSPS) is 15.2. The minimum absolute atomic E-state index is 0.114. The van der Waals surface area contributed by atoms with Crippen LogP contribution in [0.1, 0.15) is 41.3 Å². The maximum atomic E-state index is 6.54. The van der Waals surface area contributed by atoms with Crippen molar-refractivity contribution in [1.82, 2.24) is 19.5 Å². The van der Waals surface area contributed by atoms with Crippen LogP contribution in [0, 0.1) is 6.92 Å². The first-order valence-corrected chi connectivity index (χ1v) is 11.5. The molecule has 5 rings (SSSR count). The number of methoxy groups -OCH3 is 1. The van der Waals surface area contributed by atoms with Gasteiger partial charge in [0.25, 0.3) is 0 Å². The predicted octanol–water partition coefficient (Wildman–Crippen LogP) is 6.50. The number of nitrogens with zero attached hydrogens (tertiary/aromatic N) is 4. The molecule has 0 spiro atoms. The largest absolute Gasteiger partial charge is 0.494 e. The predicted molar refractivity (Wildman–Crippen MR) is 131 cm³/mol. The van der Waals surface area contributed by atoms with Gasteiger partial charge in [0.15, 0.2) is 0 Å². The van der Waals surface area contributed by atoms with Crippen molar-refractivity contribution in [3.8, 4) is 11.4 Å². The fraction of sp³-hybridized carbons (Fsp3) is 0.240. The number of fused-ring (bicyclic) bond motifs is 1. The molecule has 2 aromatic heterocycles. The lowest BCUT2D eigenvalue weighted by Crippen LogP contribution is -2.15. The lowest BCUT2D eigenvalue weighted by molar-refractivity contribution is 0.413. The highest BCUT2D eigenvalue weighted by Crippen LogP contribution is 2.39. The number of aromatic nitrogens is 4. The Morgan fingerprint density at radius 2 is 2.00 bits per heavy atom. The Bertz CT molecular complexity index is 1320. The van der Waals surface area contributed by atoms with Crippen LogP contribution in [0.15, 0.2) is 55.1 Å². The number of anilines is 2. The van der Waals surface area contributed by atoms with Crippen molar-refractivity contribution in [2.45, 2.75) is 32.1 Å². The van der Waals surface area contributed by atoms with E-state index >= 15 is 0 Å². The highest BCUT2D eigenvalue weighted by Gasteiger charge is 2.26. The molecule has 0 aliphatic heterocycles. The zero-order valence-corrected chi connectivity index (χ0v) is 19.9. The molecule has 0 saturated carbocycles. The van der Waals surface area contributed by atoms with Gasteiger partial charge < -0.3 is 14.6 Å². The topological polar surface area (TPSA) is 64.9 Å². The van der Waals surface area contributed by atoms with E-state index in [-0.39, 0.29) is 5.92 Å². The number of hydrogen-bond acceptors (Lipinski definition) is 5. The molecular weight excluding hydrogens is 457 g/mol. The summed E-state index contributed by atoms with van der Waals surface area (Å²) in [5, 5.41) is 4.63. The molecule has 2 heterocycles. The molecule has 0 bridgehead atoms. The van der Waals surface area contributed by atoms with E-state index in [0.29, 0.717) is 16.0 Å². The van der Waals surface area contributed by atoms with Gasteiger partial charge in [-0.2, -0.15) is 0 Å². The van der Waals surface area contributed by atoms with Crippen molar-refractivity contribution in [2.24, 2.45) is 0 Å². The van der Waals surface area contributed by atoms with Crippen molar-refractivity contribution in [2.75, 3.05) is 12.4 Å². The lowest BCUT2D eigenvalue weighted by atomic mass is 9.82. The maximum Gasteiger partial charge on any atom is 0.227 e. The smallest absolute Gasteiger partial charge is 0.227 e. The quantitative estimate of drug-likeness (QED) is 0.353. The fourth-order valence-electron chi connectivity index (χ4n) is 4.35. The summed E-state index contributed by atoms with van der Waals surface area (Å²) in [7, 11) is 1.66. The first kappa shape index (κ1) is 21.7. The Hall–Kier alpha value is -3.09. The first-order valence-electron chi connectivity index (χ1n) is 10.8. The summed E-state index contributed by atoms with van der Waals surface area (Å²) in [5.74, 6) is 1.38. The summed E-state index contributed by atoms with van der Waals surface area (Å²) >= 11 is 12.6. The Morgan fingerprint density at radius 3 is 2.76 bits per heavy atom. The van der Waals surface area contributed by atoms with E-state index in [4.69, 9.17) is 32.9 Å². The van der Waals surface area contributed by atoms with Gasteiger partial charge in [-0.15, -0.1) is 0 Å². The standard InChI is InChI=1S/C25H23Cl2N5O/c1-15-13-32(14-29-15)22-9-7-18(11-23(22)33-2)30-25-28-12-16-4-3-5-20(24(16)31-25)19-8-6-17(26)10-21(19)27/h6-14,20H,3-5H2,1-2H3,(H,28,30,31). The molecule has 4 aromatic rings. The second kappa shape index (κ2) is 9.04. The fourth-order valence-corrected chi connectivity index (χ4v) is 4.89. The molecule has 1 aliphatic carbocycles. The number of ether oxygens (including phenoxy) is 1. The number of aryl methyl sites for hydroxylation is 2. The van der Waals surface area contributed by atoms with Crippen LogP contribution in [0.4, 0.5) is 11.6 Å². The van der Waals surface area contributed by atoms with Gasteiger partial charge in [-0.25, -0.2) is 15.0 Å². The van der Waals surface area contributed by atoms with Crippen LogP contribution in [0.3, 0.4) is 0 Å². The molecule has 1 N–H and O–H groups in total. The Labute approximate surface area is 202 Å². The second-order valence-electron chi connectivity index (χ2n) is 8.15. The third kappa shape index (κ3) is 4.41. The molecule has 0 radical (unpaired) electrons. The summed E-state index contributed by atoms with van der Waals surface area (Å²) in [4.78, 5) is 13.8. The van der Waals surface area contributed by atoms with Crippen molar-refractivity contribution in [3.63, 3.8) is 0 Å². The van der Waals surface area contributed by atoms with Crippen LogP contribution in [0.25, 0.3) is 5.69 Å². The zero-order chi connectivity index (χ0) is 22.9. The van der Waals surface area contributed by atoms with Crippen LogP contribution in [0.5, 0.6) is 5.75 Å². The number of benzene rings is 2. The summed E-state index contributed by atoms with van der Waals surface area (Å²) in [6.45, 7) is 1.96. The molecule has 168 valence electrons. The van der Waals surface area contributed by atoms with E-state index < -0.39 is 0 Å². The van der Waals surface area contributed by atoms with E-state index in [2.05, 4.69) is 15.3 Å². The summed E-state index contributed by atoms with van der Waals surface area (Å²) in [6.07, 6.45) is 8.66. The molecule has 8 heteroatoms. The molecule has 1 unspecified atom stereocenters. The van der Waals surface area contributed by atoms with E-state index in [1.165, 1.54) is 0 Å². The van der Waals surface area contributed by atoms with Crippen molar-refractivity contribution < 1.29 is 4.74 Å². The molecule has 0 saturated heterocycles. The molecule has 0 fully saturated rings. The highest BCUT2D eigenvalue weighted by molar-refractivity contribution is 6.35. The van der Waals surface area contributed by atoms with Crippen LogP contribution in [-0.2, 0) is 6.42 Å². The number of imidazole rings is 1. The van der Waals surface area contributed by atoms with Gasteiger partial charge in [0.05, 0.1) is 30.5 Å². The first-order chi connectivity index (χ1) is 16.0. The summed E-state index contributed by atoms with van der Waals surface area (Å²) < 4.78 is 7.56. The van der Waals surface area contributed by atoms with E-state index in [1.807, 2.05) is 54.2 Å². The molecular formula is C25H23Cl2N5O. The van der Waals surface area contributed by atoms with Crippen molar-refractivity contribution in [1.29, 1.82) is 0 Å². The molecule has 0 amide bonds. The van der Waals surface area contributed by atoms with Crippen LogP contribution in [-0.4, -0.2) is 26.6 Å². The Morgan fingerprint density at radius 1 is 1.12 bits per heavy atom. The second-order valence-corrected chi connectivity index (χ2v) is 8.99. The molecule has 2 aromatic carbocycles. The van der Waals surface area contributed by atoms with Crippen LogP contribution >= 0.6 is 23.2 Å². The van der Waals surface area contributed by atoms with E-state index in [9.17, 15) is 0 Å². The van der Waals surface area contributed by atoms with E-state index in [0.717, 1.165) is 58.9 Å². The van der Waals surface area contributed by atoms with Gasteiger partial charge in [-0.1, -0.05) is 29.3 Å². The van der Waals surface area contributed by atoms with Crippen LogP contribution < -0.4 is 10.1 Å². The SMILES string of the molecule is COc1cc(Nc2ncc3c(n2)C(c2ccc(Cl)cc2Cl)CCC3)ccc1-n1cnc(C)c1. The summed E-state index contributed by atoms with van der Waals surface area (Å²) in [5.41, 5.74) is 5.91. The van der Waals surface area contributed by atoms with Gasteiger partial charge in [-0.3, -0.25) is 0 Å². The molecule has 6 nitrogen and oxygen atoms in total. The average Bonchev–Trinajstić information content (AvgIpc) is 3.25. The average molecular weight is 480 g/mol. The van der Waals surface area contributed by atoms with E-state index in [1.54, 1.807) is 19.5 Å². The van der Waals surface area contributed by atoms with Gasteiger partial charge >= 0.3 is 0 Å². The Balaban J connectivity index is 1.46. The number of nitrogens with one attached hydrogen (secondary N) is 1. The lowest BCUT2D eigenvalue weighted by Gasteiger charge is -2.26. The maximum absolute atomic E-state index is 6.54. The number of hydrogen-bond donors (Lipinski definition) is 1. The molecule has 1 aliphatic rings. The van der Waals surface area contributed by atoms with Crippen molar-refractivity contribution in [3.05, 3.63) is 87.7 Å². The molecule has 1 atom stereocenters. The third-order valence-corrected chi connectivity index (χ3v) is 6.49. The van der Waals surface area contributed by atoms with Gasteiger partial charge in [-0.05, 0) is 61.6 Å². The minimum Gasteiger partial charge on any atom is -0.494 e. The van der Waals surface area contributed by atoms with Gasteiger partial charge in [0.1, 0.15) is 5.75 Å².